The molecule has 0 spiro atoms. The highest BCUT2D eigenvalue weighted by Gasteiger charge is 2.06. The van der Waals surface area contributed by atoms with Crippen molar-refractivity contribution in [2.24, 2.45) is 0 Å². The maximum absolute atomic E-state index is 4.60. The zero-order chi connectivity index (χ0) is 12.3. The molecular weight excluding hydrogens is 232 g/mol. The summed E-state index contributed by atoms with van der Waals surface area (Å²) in [5.74, 6) is 0. The van der Waals surface area contributed by atoms with Crippen LogP contribution in [0.5, 0.6) is 0 Å². The zero-order valence-electron chi connectivity index (χ0n) is 10.5. The van der Waals surface area contributed by atoms with Crippen LogP contribution in [0, 0.1) is 13.8 Å². The summed E-state index contributed by atoms with van der Waals surface area (Å²) in [6.07, 6.45) is 1.88. The van der Waals surface area contributed by atoms with Gasteiger partial charge in [-0.15, -0.1) is 11.3 Å². The van der Waals surface area contributed by atoms with Crippen LogP contribution in [0.1, 0.15) is 29.0 Å². The summed E-state index contributed by atoms with van der Waals surface area (Å²) in [6.45, 7) is 8.89. The molecule has 0 radical (unpaired) electrons. The monoisotopic (exact) mass is 250 g/mol. The van der Waals surface area contributed by atoms with Gasteiger partial charge >= 0.3 is 0 Å². The van der Waals surface area contributed by atoms with Crippen molar-refractivity contribution in [1.29, 1.82) is 0 Å². The van der Waals surface area contributed by atoms with Gasteiger partial charge in [-0.25, -0.2) is 9.97 Å². The second-order valence-corrected chi connectivity index (χ2v) is 5.00. The predicted octanol–water partition coefficient (Wildman–Crippen LogP) is 2.11. The van der Waals surface area contributed by atoms with Crippen molar-refractivity contribution in [1.82, 2.24) is 19.9 Å². The molecule has 5 heteroatoms. The van der Waals surface area contributed by atoms with Crippen molar-refractivity contribution in [3.05, 3.63) is 33.8 Å². The highest BCUT2D eigenvalue weighted by molar-refractivity contribution is 7.09. The fourth-order valence-corrected chi connectivity index (χ4v) is 2.37. The van der Waals surface area contributed by atoms with Crippen LogP contribution in [0.15, 0.2) is 11.7 Å². The molecule has 0 fully saturated rings. The fourth-order valence-electron chi connectivity index (χ4n) is 1.61. The first-order valence-corrected chi connectivity index (χ1v) is 6.71. The van der Waals surface area contributed by atoms with E-state index >= 15 is 0 Å². The first-order chi connectivity index (χ1) is 8.20. The predicted molar refractivity (Wildman–Crippen MR) is 70.3 cm³/mol. The van der Waals surface area contributed by atoms with E-state index in [4.69, 9.17) is 0 Å². The van der Waals surface area contributed by atoms with E-state index in [1.807, 2.05) is 13.3 Å². The Balaban J connectivity index is 2.04. The molecule has 0 aliphatic heterocycles. The lowest BCUT2D eigenvalue weighted by atomic mass is 10.3. The van der Waals surface area contributed by atoms with Crippen LogP contribution in [-0.4, -0.2) is 21.1 Å². The van der Waals surface area contributed by atoms with Gasteiger partial charge in [-0.3, -0.25) is 0 Å². The first kappa shape index (κ1) is 12.3. The van der Waals surface area contributed by atoms with Gasteiger partial charge in [0.25, 0.3) is 0 Å². The van der Waals surface area contributed by atoms with Crippen LogP contribution < -0.4 is 5.32 Å². The summed E-state index contributed by atoms with van der Waals surface area (Å²) in [7, 11) is 0. The Labute approximate surface area is 106 Å². The average molecular weight is 250 g/mol. The molecule has 0 saturated carbocycles. The Kier molecular flexibility index (Phi) is 3.91. The third-order valence-electron chi connectivity index (χ3n) is 2.80. The quantitative estimate of drug-likeness (QED) is 0.884. The van der Waals surface area contributed by atoms with Crippen LogP contribution in [0.25, 0.3) is 0 Å². The highest BCUT2D eigenvalue weighted by atomic mass is 32.1. The number of aromatic nitrogens is 3. The van der Waals surface area contributed by atoms with Crippen LogP contribution in [0.3, 0.4) is 0 Å². The minimum atomic E-state index is 0.815. The number of rotatable bonds is 5. The van der Waals surface area contributed by atoms with E-state index in [2.05, 4.69) is 39.1 Å². The molecule has 92 valence electrons. The van der Waals surface area contributed by atoms with Crippen molar-refractivity contribution >= 4 is 11.3 Å². The van der Waals surface area contributed by atoms with E-state index in [-0.39, 0.29) is 0 Å². The molecule has 0 aromatic carbocycles. The average Bonchev–Trinajstić information content (AvgIpc) is 2.89. The number of nitrogens with one attached hydrogen (secondary N) is 1. The summed E-state index contributed by atoms with van der Waals surface area (Å²) in [6, 6.07) is 0. The normalized spacial score (nSPS) is 11.0. The molecule has 0 aliphatic rings. The molecule has 2 aromatic heterocycles. The van der Waals surface area contributed by atoms with E-state index in [0.717, 1.165) is 36.0 Å². The summed E-state index contributed by atoms with van der Waals surface area (Å²) in [4.78, 5) is 8.90. The topological polar surface area (TPSA) is 42.7 Å². The third-order valence-corrected chi connectivity index (χ3v) is 3.70. The minimum Gasteiger partial charge on any atom is -0.329 e. The van der Waals surface area contributed by atoms with Crippen LogP contribution >= 0.6 is 11.3 Å². The van der Waals surface area contributed by atoms with Crippen molar-refractivity contribution < 1.29 is 0 Å². The van der Waals surface area contributed by atoms with Gasteiger partial charge in [0.05, 0.1) is 24.3 Å². The Morgan fingerprint density at radius 1 is 1.41 bits per heavy atom. The molecule has 0 bridgehead atoms. The number of hydrogen-bond acceptors (Lipinski definition) is 4. The number of hydrogen-bond donors (Lipinski definition) is 1. The Morgan fingerprint density at radius 3 is 2.88 bits per heavy atom. The molecule has 0 unspecified atom stereocenters. The lowest BCUT2D eigenvalue weighted by Gasteiger charge is -2.02. The van der Waals surface area contributed by atoms with Crippen molar-refractivity contribution in [2.45, 2.75) is 33.9 Å². The largest absolute Gasteiger partial charge is 0.329 e. The number of nitrogens with zero attached hydrogens (tertiary/aromatic N) is 3. The van der Waals surface area contributed by atoms with Gasteiger partial charge in [0, 0.05) is 17.6 Å². The minimum absolute atomic E-state index is 0.815. The van der Waals surface area contributed by atoms with Gasteiger partial charge in [-0.05, 0) is 20.4 Å². The Morgan fingerprint density at radius 2 is 2.24 bits per heavy atom. The molecule has 2 aromatic rings. The smallest absolute Gasteiger partial charge is 0.107 e. The van der Waals surface area contributed by atoms with Gasteiger partial charge in [-0.2, -0.15) is 0 Å². The van der Waals surface area contributed by atoms with Crippen molar-refractivity contribution in [3.63, 3.8) is 0 Å². The van der Waals surface area contributed by atoms with E-state index < -0.39 is 0 Å². The summed E-state index contributed by atoms with van der Waals surface area (Å²) in [5.41, 5.74) is 3.42. The third kappa shape index (κ3) is 2.92. The summed E-state index contributed by atoms with van der Waals surface area (Å²) >= 11 is 1.71. The SMILES string of the molecule is CCNCc1nc(Cn2cnc(C)c2C)cs1. The van der Waals surface area contributed by atoms with E-state index in [1.54, 1.807) is 11.3 Å². The lowest BCUT2D eigenvalue weighted by Crippen LogP contribution is -2.11. The fraction of sp³-hybridized carbons (Fsp3) is 0.500. The van der Waals surface area contributed by atoms with Gasteiger partial charge in [0.2, 0.25) is 0 Å². The van der Waals surface area contributed by atoms with Crippen LogP contribution in [0.2, 0.25) is 0 Å². The lowest BCUT2D eigenvalue weighted by molar-refractivity contribution is 0.709. The summed E-state index contributed by atoms with van der Waals surface area (Å²) in [5, 5.41) is 6.56. The molecule has 2 heterocycles. The highest BCUT2D eigenvalue weighted by Crippen LogP contribution is 2.13. The second-order valence-electron chi connectivity index (χ2n) is 4.06. The van der Waals surface area contributed by atoms with E-state index in [0.29, 0.717) is 0 Å². The van der Waals surface area contributed by atoms with Gasteiger partial charge in [0.1, 0.15) is 5.01 Å². The number of imidazole rings is 1. The number of thiazole rings is 1. The van der Waals surface area contributed by atoms with Gasteiger partial charge in [0.15, 0.2) is 0 Å². The Bertz CT molecular complexity index is 486. The molecule has 0 atom stereocenters. The molecule has 17 heavy (non-hydrogen) atoms. The standard InChI is InChI=1S/C12H18N4S/c1-4-13-5-12-15-11(7-17-12)6-16-8-14-9(2)10(16)3/h7-8,13H,4-6H2,1-3H3. The molecule has 2 rings (SSSR count). The Hall–Kier alpha value is -1.20. The van der Waals surface area contributed by atoms with E-state index in [1.165, 1.54) is 5.69 Å². The zero-order valence-corrected chi connectivity index (χ0v) is 11.3. The molecule has 0 aliphatic carbocycles. The molecular formula is C12H18N4S. The van der Waals surface area contributed by atoms with Gasteiger partial charge in [-0.1, -0.05) is 6.92 Å². The van der Waals surface area contributed by atoms with Crippen molar-refractivity contribution in [2.75, 3.05) is 6.54 Å². The van der Waals surface area contributed by atoms with Crippen molar-refractivity contribution in [3.8, 4) is 0 Å². The number of aryl methyl sites for hydroxylation is 1. The summed E-state index contributed by atoms with van der Waals surface area (Å²) < 4.78 is 2.14. The second kappa shape index (κ2) is 5.42. The van der Waals surface area contributed by atoms with Crippen LogP contribution in [0.4, 0.5) is 0 Å². The molecule has 1 N–H and O–H groups in total. The molecule has 0 saturated heterocycles. The van der Waals surface area contributed by atoms with Crippen LogP contribution in [-0.2, 0) is 13.1 Å². The first-order valence-electron chi connectivity index (χ1n) is 5.83. The molecule has 0 amide bonds. The maximum atomic E-state index is 4.60. The molecule has 4 nitrogen and oxygen atoms in total. The van der Waals surface area contributed by atoms with E-state index in [9.17, 15) is 0 Å². The van der Waals surface area contributed by atoms with Gasteiger partial charge < -0.3 is 9.88 Å². The maximum Gasteiger partial charge on any atom is 0.107 e.